The highest BCUT2D eigenvalue weighted by Crippen LogP contribution is 2.22. The zero-order valence-corrected chi connectivity index (χ0v) is 12.6. The second-order valence-electron chi connectivity index (χ2n) is 4.32. The molecule has 1 aromatic rings. The number of aliphatic hydroxyl groups excluding tert-OH is 1. The van der Waals surface area contributed by atoms with Gasteiger partial charge in [-0.2, -0.15) is 0 Å². The zero-order chi connectivity index (χ0) is 16.8. The van der Waals surface area contributed by atoms with Crippen molar-refractivity contribution in [3.05, 3.63) is 34.4 Å². The van der Waals surface area contributed by atoms with Crippen LogP contribution < -0.4 is 4.72 Å². The number of rotatable bonds is 8. The fraction of sp³-hybridized carbons (Fsp3) is 0.417. The Bertz CT molecular complexity index is 645. The summed E-state index contributed by atoms with van der Waals surface area (Å²) in [4.78, 5) is 20.5. The molecule has 0 heterocycles. The topological polar surface area (TPSA) is 136 Å². The smallest absolute Gasteiger partial charge is 0.302 e. The minimum absolute atomic E-state index is 0.0407. The molecule has 1 aromatic carbocycles. The highest BCUT2D eigenvalue weighted by molar-refractivity contribution is 7.89. The number of hydrogen-bond donors (Lipinski definition) is 2. The van der Waals surface area contributed by atoms with Crippen molar-refractivity contribution >= 4 is 21.7 Å². The molecular formula is C12H16N2O7S. The molecule has 0 amide bonds. The Morgan fingerprint density at radius 1 is 1.45 bits per heavy atom. The summed E-state index contributed by atoms with van der Waals surface area (Å²) < 4.78 is 31.2. The number of para-hydroxylation sites is 1. The SMILES string of the molecule is CC(=O)O[C@H](CCO)CNS(=O)(=O)c1ccccc1[N+](=O)[O-]. The van der Waals surface area contributed by atoms with E-state index in [2.05, 4.69) is 4.72 Å². The van der Waals surface area contributed by atoms with Gasteiger partial charge in [0.1, 0.15) is 6.10 Å². The number of ether oxygens (including phenoxy) is 1. The van der Waals surface area contributed by atoms with Crippen LogP contribution in [0.1, 0.15) is 13.3 Å². The van der Waals surface area contributed by atoms with Gasteiger partial charge in [-0.05, 0) is 6.07 Å². The van der Waals surface area contributed by atoms with Crippen LogP contribution in [0.15, 0.2) is 29.2 Å². The highest BCUT2D eigenvalue weighted by Gasteiger charge is 2.26. The van der Waals surface area contributed by atoms with E-state index in [1.807, 2.05) is 0 Å². The molecule has 0 unspecified atom stereocenters. The fourth-order valence-electron chi connectivity index (χ4n) is 1.70. The van der Waals surface area contributed by atoms with Crippen LogP contribution >= 0.6 is 0 Å². The molecule has 10 heteroatoms. The number of sulfonamides is 1. The third-order valence-electron chi connectivity index (χ3n) is 2.64. The van der Waals surface area contributed by atoms with Crippen LogP contribution in [-0.2, 0) is 19.6 Å². The van der Waals surface area contributed by atoms with Crippen LogP contribution in [0.2, 0.25) is 0 Å². The summed E-state index contributed by atoms with van der Waals surface area (Å²) in [5.41, 5.74) is -0.554. The van der Waals surface area contributed by atoms with Gasteiger partial charge in [-0.3, -0.25) is 14.9 Å². The predicted molar refractivity (Wildman–Crippen MR) is 75.5 cm³/mol. The third-order valence-corrected chi connectivity index (χ3v) is 4.11. The number of nitrogens with zero attached hydrogens (tertiary/aromatic N) is 1. The quantitative estimate of drug-likeness (QED) is 0.394. The molecule has 0 fully saturated rings. The molecular weight excluding hydrogens is 316 g/mol. The van der Waals surface area contributed by atoms with Crippen molar-refractivity contribution in [1.82, 2.24) is 4.72 Å². The molecule has 22 heavy (non-hydrogen) atoms. The predicted octanol–water partition coefficient (Wildman–Crippen LogP) is 0.187. The number of nitro benzene ring substituents is 1. The number of aliphatic hydroxyl groups is 1. The standard InChI is InChI=1S/C12H16N2O7S/c1-9(16)21-10(6-7-15)8-13-22(19,20)12-5-3-2-4-11(12)14(17)18/h2-5,10,13,15H,6-8H2,1H3/t10-/m1/s1. The van der Waals surface area contributed by atoms with Crippen LogP contribution in [0.4, 0.5) is 5.69 Å². The normalized spacial score (nSPS) is 12.6. The van der Waals surface area contributed by atoms with Crippen molar-refractivity contribution < 1.29 is 28.0 Å². The lowest BCUT2D eigenvalue weighted by atomic mass is 10.3. The summed E-state index contributed by atoms with van der Waals surface area (Å²) in [6, 6.07) is 4.89. The maximum Gasteiger partial charge on any atom is 0.302 e. The second kappa shape index (κ2) is 7.82. The lowest BCUT2D eigenvalue weighted by molar-refractivity contribution is -0.387. The molecule has 0 aliphatic heterocycles. The Kier molecular flexibility index (Phi) is 6.40. The van der Waals surface area contributed by atoms with Gasteiger partial charge in [-0.1, -0.05) is 12.1 Å². The van der Waals surface area contributed by atoms with E-state index < -0.39 is 37.6 Å². The first-order chi connectivity index (χ1) is 10.3. The van der Waals surface area contributed by atoms with Crippen LogP contribution in [0.25, 0.3) is 0 Å². The maximum atomic E-state index is 12.1. The van der Waals surface area contributed by atoms with E-state index in [0.29, 0.717) is 0 Å². The van der Waals surface area contributed by atoms with Gasteiger partial charge in [0.25, 0.3) is 5.69 Å². The molecule has 1 atom stereocenters. The van der Waals surface area contributed by atoms with Crippen molar-refractivity contribution in [2.45, 2.75) is 24.3 Å². The number of benzene rings is 1. The largest absolute Gasteiger partial charge is 0.461 e. The van der Waals surface area contributed by atoms with Crippen molar-refractivity contribution in [2.75, 3.05) is 13.2 Å². The first kappa shape index (κ1) is 18.0. The average molecular weight is 332 g/mol. The Balaban J connectivity index is 2.91. The monoisotopic (exact) mass is 332 g/mol. The molecule has 9 nitrogen and oxygen atoms in total. The first-order valence-electron chi connectivity index (χ1n) is 6.29. The number of carbonyl (C=O) groups excluding carboxylic acids is 1. The van der Waals surface area contributed by atoms with E-state index in [4.69, 9.17) is 9.84 Å². The van der Waals surface area contributed by atoms with E-state index in [9.17, 15) is 23.3 Å². The number of esters is 1. The Labute approximate surface area is 127 Å². The van der Waals surface area contributed by atoms with E-state index in [1.165, 1.54) is 12.1 Å². The summed E-state index contributed by atoms with van der Waals surface area (Å²) in [6.45, 7) is 0.556. The van der Waals surface area contributed by atoms with Gasteiger partial charge >= 0.3 is 5.97 Å². The molecule has 0 bridgehead atoms. The van der Waals surface area contributed by atoms with Gasteiger partial charge in [0.15, 0.2) is 4.90 Å². The highest BCUT2D eigenvalue weighted by atomic mass is 32.2. The summed E-state index contributed by atoms with van der Waals surface area (Å²) in [6.07, 6.45) is -0.820. The minimum atomic E-state index is -4.15. The lowest BCUT2D eigenvalue weighted by Gasteiger charge is -2.16. The molecule has 0 aliphatic carbocycles. The van der Waals surface area contributed by atoms with E-state index in [-0.39, 0.29) is 19.6 Å². The second-order valence-corrected chi connectivity index (χ2v) is 6.06. The van der Waals surface area contributed by atoms with Crippen LogP contribution in [-0.4, -0.2) is 43.7 Å². The minimum Gasteiger partial charge on any atom is -0.461 e. The van der Waals surface area contributed by atoms with Crippen molar-refractivity contribution in [2.24, 2.45) is 0 Å². The number of nitrogens with one attached hydrogen (secondary N) is 1. The lowest BCUT2D eigenvalue weighted by Crippen LogP contribution is -2.35. The molecule has 2 N–H and O–H groups in total. The number of hydrogen-bond acceptors (Lipinski definition) is 7. The molecule has 122 valence electrons. The van der Waals surface area contributed by atoms with Crippen molar-refractivity contribution in [3.63, 3.8) is 0 Å². The van der Waals surface area contributed by atoms with E-state index in [0.717, 1.165) is 19.1 Å². The van der Waals surface area contributed by atoms with Crippen molar-refractivity contribution in [1.29, 1.82) is 0 Å². The maximum absolute atomic E-state index is 12.1. The van der Waals surface area contributed by atoms with E-state index >= 15 is 0 Å². The Morgan fingerprint density at radius 2 is 2.09 bits per heavy atom. The van der Waals surface area contributed by atoms with Crippen LogP contribution in [0.3, 0.4) is 0 Å². The van der Waals surface area contributed by atoms with Gasteiger partial charge in [-0.15, -0.1) is 0 Å². The fourth-order valence-corrected chi connectivity index (χ4v) is 2.93. The first-order valence-corrected chi connectivity index (χ1v) is 7.77. The Hall–Kier alpha value is -2.04. The zero-order valence-electron chi connectivity index (χ0n) is 11.8. The van der Waals surface area contributed by atoms with Gasteiger partial charge in [0.05, 0.1) is 4.92 Å². The van der Waals surface area contributed by atoms with Gasteiger partial charge < -0.3 is 9.84 Å². The Morgan fingerprint density at radius 3 is 2.64 bits per heavy atom. The van der Waals surface area contributed by atoms with Crippen LogP contribution in [0, 0.1) is 10.1 Å². The molecule has 0 saturated carbocycles. The summed E-state index contributed by atoms with van der Waals surface area (Å²) in [7, 11) is -4.15. The van der Waals surface area contributed by atoms with Gasteiger partial charge in [-0.25, -0.2) is 13.1 Å². The molecule has 0 aromatic heterocycles. The van der Waals surface area contributed by atoms with Gasteiger partial charge in [0, 0.05) is 32.6 Å². The van der Waals surface area contributed by atoms with E-state index in [1.54, 1.807) is 0 Å². The molecule has 0 radical (unpaired) electrons. The molecule has 0 aliphatic rings. The third kappa shape index (κ3) is 5.06. The summed E-state index contributed by atoms with van der Waals surface area (Å²) in [5.74, 6) is -0.622. The van der Waals surface area contributed by atoms with Gasteiger partial charge in [0.2, 0.25) is 10.0 Å². The summed E-state index contributed by atoms with van der Waals surface area (Å²) >= 11 is 0. The molecule has 1 rings (SSSR count). The van der Waals surface area contributed by atoms with Crippen molar-refractivity contribution in [3.8, 4) is 0 Å². The number of carbonyl (C=O) groups is 1. The van der Waals surface area contributed by atoms with Crippen LogP contribution in [0.5, 0.6) is 0 Å². The summed E-state index contributed by atoms with van der Waals surface area (Å²) in [5, 5.41) is 19.7. The number of nitro groups is 1. The average Bonchev–Trinajstić information content (AvgIpc) is 2.44. The molecule has 0 saturated heterocycles. The molecule has 0 spiro atoms.